The van der Waals surface area contributed by atoms with Crippen molar-refractivity contribution in [3.05, 3.63) is 69.7 Å². The first-order valence-corrected chi connectivity index (χ1v) is 7.35. The Labute approximate surface area is 127 Å². The van der Waals surface area contributed by atoms with E-state index in [-0.39, 0.29) is 5.56 Å². The lowest BCUT2D eigenvalue weighted by Gasteiger charge is -2.13. The van der Waals surface area contributed by atoms with Crippen LogP contribution in [0.2, 0.25) is 5.02 Å². The van der Waals surface area contributed by atoms with E-state index in [0.29, 0.717) is 15.9 Å². The number of nitrogens with zero attached hydrogens (tertiary/aromatic N) is 2. The summed E-state index contributed by atoms with van der Waals surface area (Å²) >= 11 is 6.20. The maximum atomic E-state index is 12.9. The van der Waals surface area contributed by atoms with Gasteiger partial charge in [-0.15, -0.1) is 0 Å². The van der Waals surface area contributed by atoms with E-state index in [4.69, 9.17) is 11.6 Å². The van der Waals surface area contributed by atoms with Gasteiger partial charge in [0.1, 0.15) is 5.82 Å². The Morgan fingerprint density at radius 3 is 2.57 bits per heavy atom. The molecule has 21 heavy (non-hydrogen) atoms. The Kier molecular flexibility index (Phi) is 3.76. The Hall–Kier alpha value is -2.13. The summed E-state index contributed by atoms with van der Waals surface area (Å²) in [5, 5.41) is 0.917. The first kappa shape index (κ1) is 13.8. The third-order valence-corrected chi connectivity index (χ3v) is 3.72. The Balaban J connectivity index is 2.41. The summed E-state index contributed by atoms with van der Waals surface area (Å²) in [5.74, 6) is 0.767. The van der Waals surface area contributed by atoms with Gasteiger partial charge in [0.05, 0.1) is 21.6 Å². The van der Waals surface area contributed by atoms with Crippen molar-refractivity contribution in [1.82, 2.24) is 9.55 Å². The predicted octanol–water partition coefficient (Wildman–Crippen LogP) is 3.99. The molecule has 2 aromatic carbocycles. The minimum Gasteiger partial charge on any atom is -0.268 e. The Morgan fingerprint density at radius 2 is 1.86 bits per heavy atom. The average molecular weight is 299 g/mol. The van der Waals surface area contributed by atoms with Gasteiger partial charge in [-0.2, -0.15) is 0 Å². The lowest BCUT2D eigenvalue weighted by atomic mass is 10.2. The van der Waals surface area contributed by atoms with E-state index in [1.807, 2.05) is 42.5 Å². The summed E-state index contributed by atoms with van der Waals surface area (Å²) in [5.41, 5.74) is 1.36. The second kappa shape index (κ2) is 5.70. The minimum atomic E-state index is -0.111. The van der Waals surface area contributed by atoms with Gasteiger partial charge in [0.25, 0.3) is 5.56 Å². The fourth-order valence-corrected chi connectivity index (χ4v) is 2.72. The summed E-state index contributed by atoms with van der Waals surface area (Å²) in [6, 6.07) is 14.9. The molecule has 4 heteroatoms. The molecular weight excluding hydrogens is 284 g/mol. The highest BCUT2D eigenvalue weighted by Crippen LogP contribution is 2.20. The quantitative estimate of drug-likeness (QED) is 0.733. The number of hydrogen-bond donors (Lipinski definition) is 0. The van der Waals surface area contributed by atoms with Crippen molar-refractivity contribution < 1.29 is 0 Å². The van der Waals surface area contributed by atoms with Crippen LogP contribution >= 0.6 is 11.6 Å². The van der Waals surface area contributed by atoms with Crippen molar-refractivity contribution in [3.63, 3.8) is 0 Å². The van der Waals surface area contributed by atoms with Crippen molar-refractivity contribution in [2.75, 3.05) is 0 Å². The molecule has 1 heterocycles. The third kappa shape index (κ3) is 2.45. The SMILES string of the molecule is CCCc1nc2cccc(Cl)c2c(=O)n1-c1ccccc1. The third-order valence-electron chi connectivity index (χ3n) is 3.40. The number of aryl methyl sites for hydroxylation is 1. The molecule has 0 spiro atoms. The van der Waals surface area contributed by atoms with Crippen LogP contribution in [0.1, 0.15) is 19.2 Å². The van der Waals surface area contributed by atoms with Gasteiger partial charge < -0.3 is 0 Å². The lowest BCUT2D eigenvalue weighted by Crippen LogP contribution is -2.24. The van der Waals surface area contributed by atoms with Crippen LogP contribution in [0.3, 0.4) is 0 Å². The summed E-state index contributed by atoms with van der Waals surface area (Å²) in [6.45, 7) is 2.07. The molecule has 3 rings (SSSR count). The fourth-order valence-electron chi connectivity index (χ4n) is 2.47. The molecule has 3 nitrogen and oxygen atoms in total. The number of benzene rings is 2. The second-order valence-electron chi connectivity index (χ2n) is 4.89. The minimum absolute atomic E-state index is 0.111. The van der Waals surface area contributed by atoms with Gasteiger partial charge in [-0.25, -0.2) is 4.98 Å². The predicted molar refractivity (Wildman–Crippen MR) is 86.3 cm³/mol. The fraction of sp³-hybridized carbons (Fsp3) is 0.176. The molecule has 0 aliphatic carbocycles. The zero-order valence-corrected chi connectivity index (χ0v) is 12.5. The van der Waals surface area contributed by atoms with Crippen molar-refractivity contribution in [3.8, 4) is 5.69 Å². The van der Waals surface area contributed by atoms with E-state index in [9.17, 15) is 4.79 Å². The van der Waals surface area contributed by atoms with E-state index in [1.165, 1.54) is 0 Å². The van der Waals surface area contributed by atoms with E-state index >= 15 is 0 Å². The monoisotopic (exact) mass is 298 g/mol. The Morgan fingerprint density at radius 1 is 1.10 bits per heavy atom. The van der Waals surface area contributed by atoms with Gasteiger partial charge in [-0.3, -0.25) is 9.36 Å². The van der Waals surface area contributed by atoms with Crippen LogP contribution in [0.15, 0.2) is 53.3 Å². The van der Waals surface area contributed by atoms with Crippen LogP contribution in [-0.2, 0) is 6.42 Å². The average Bonchev–Trinajstić information content (AvgIpc) is 2.48. The standard InChI is InChI=1S/C17H15ClN2O/c1-2-7-15-19-14-11-6-10-13(18)16(14)17(21)20(15)12-8-4-3-5-9-12/h3-6,8-11H,2,7H2,1H3. The maximum absolute atomic E-state index is 12.9. The molecule has 1 aromatic heterocycles. The molecule has 0 saturated heterocycles. The molecule has 0 unspecified atom stereocenters. The molecule has 0 amide bonds. The first-order valence-electron chi connectivity index (χ1n) is 6.98. The topological polar surface area (TPSA) is 34.9 Å². The summed E-state index contributed by atoms with van der Waals surface area (Å²) in [4.78, 5) is 17.5. The molecule has 0 saturated carbocycles. The van der Waals surface area contributed by atoms with Crippen molar-refractivity contribution in [2.45, 2.75) is 19.8 Å². The summed E-state index contributed by atoms with van der Waals surface area (Å²) < 4.78 is 1.66. The molecule has 0 atom stereocenters. The molecule has 106 valence electrons. The lowest BCUT2D eigenvalue weighted by molar-refractivity contribution is 0.774. The smallest absolute Gasteiger partial charge is 0.267 e. The van der Waals surface area contributed by atoms with Crippen molar-refractivity contribution in [1.29, 1.82) is 0 Å². The molecule has 0 radical (unpaired) electrons. The van der Waals surface area contributed by atoms with E-state index in [0.717, 1.165) is 24.4 Å². The van der Waals surface area contributed by atoms with E-state index < -0.39 is 0 Å². The van der Waals surface area contributed by atoms with Gasteiger partial charge in [0.15, 0.2) is 0 Å². The molecule has 0 aliphatic heterocycles. The zero-order chi connectivity index (χ0) is 14.8. The number of aromatic nitrogens is 2. The van der Waals surface area contributed by atoms with Gasteiger partial charge in [0, 0.05) is 6.42 Å². The van der Waals surface area contributed by atoms with Gasteiger partial charge in [-0.05, 0) is 30.7 Å². The highest BCUT2D eigenvalue weighted by Gasteiger charge is 2.13. The van der Waals surface area contributed by atoms with Gasteiger partial charge in [0.2, 0.25) is 0 Å². The molecular formula is C17H15ClN2O. The summed E-state index contributed by atoms with van der Waals surface area (Å²) in [7, 11) is 0. The van der Waals surface area contributed by atoms with Crippen LogP contribution in [-0.4, -0.2) is 9.55 Å². The highest BCUT2D eigenvalue weighted by atomic mass is 35.5. The normalized spacial score (nSPS) is 11.0. The second-order valence-corrected chi connectivity index (χ2v) is 5.30. The Bertz CT molecular complexity index is 841. The van der Waals surface area contributed by atoms with Crippen molar-refractivity contribution in [2.24, 2.45) is 0 Å². The molecule has 0 aliphatic rings. The molecule has 0 N–H and O–H groups in total. The highest BCUT2D eigenvalue weighted by molar-refractivity contribution is 6.35. The van der Waals surface area contributed by atoms with Crippen LogP contribution in [0, 0.1) is 0 Å². The maximum Gasteiger partial charge on any atom is 0.267 e. The largest absolute Gasteiger partial charge is 0.268 e. The number of halogens is 1. The van der Waals surface area contributed by atoms with Crippen molar-refractivity contribution >= 4 is 22.5 Å². The molecule has 0 fully saturated rings. The molecule has 0 bridgehead atoms. The summed E-state index contributed by atoms with van der Waals surface area (Å²) in [6.07, 6.45) is 1.66. The van der Waals surface area contributed by atoms with Crippen LogP contribution in [0.4, 0.5) is 0 Å². The van der Waals surface area contributed by atoms with Gasteiger partial charge >= 0.3 is 0 Å². The number of para-hydroxylation sites is 1. The van der Waals surface area contributed by atoms with Crippen LogP contribution in [0.25, 0.3) is 16.6 Å². The van der Waals surface area contributed by atoms with Gasteiger partial charge in [-0.1, -0.05) is 42.8 Å². The van der Waals surface area contributed by atoms with E-state index in [2.05, 4.69) is 11.9 Å². The first-order chi connectivity index (χ1) is 10.2. The van der Waals surface area contributed by atoms with Crippen LogP contribution < -0.4 is 5.56 Å². The number of hydrogen-bond acceptors (Lipinski definition) is 2. The number of fused-ring (bicyclic) bond motifs is 1. The number of rotatable bonds is 3. The zero-order valence-electron chi connectivity index (χ0n) is 11.7. The van der Waals surface area contributed by atoms with Crippen LogP contribution in [0.5, 0.6) is 0 Å². The molecule has 3 aromatic rings. The van der Waals surface area contributed by atoms with E-state index in [1.54, 1.807) is 10.6 Å².